The van der Waals surface area contributed by atoms with E-state index in [0.29, 0.717) is 18.9 Å². The standard InChI is InChI=1S/C12H17N3O/c1-14-3-4-15-10(8-14)5-9-6-12(16-2)13-7-11(9)15/h6-7,10H,3-5,8H2,1-2H3/i1D. The second-order valence-electron chi connectivity index (χ2n) is 4.48. The molecule has 2 aliphatic heterocycles. The van der Waals surface area contributed by atoms with Crippen LogP contribution >= 0.6 is 0 Å². The Hall–Kier alpha value is -1.29. The first-order valence-electron chi connectivity index (χ1n) is 6.33. The van der Waals surface area contributed by atoms with Gasteiger partial charge in [-0.15, -0.1) is 0 Å². The molecule has 1 aromatic heterocycles. The van der Waals surface area contributed by atoms with Crippen molar-refractivity contribution in [3.05, 3.63) is 17.8 Å². The minimum Gasteiger partial charge on any atom is -0.481 e. The fourth-order valence-corrected chi connectivity index (χ4v) is 2.67. The van der Waals surface area contributed by atoms with Crippen molar-refractivity contribution in [1.82, 2.24) is 9.88 Å². The van der Waals surface area contributed by atoms with E-state index in [1.165, 1.54) is 11.3 Å². The Kier molecular flexibility index (Phi) is 2.00. The Labute approximate surface area is 97.2 Å². The number of hydrogen-bond donors (Lipinski definition) is 0. The Morgan fingerprint density at radius 2 is 2.50 bits per heavy atom. The molecule has 0 aromatic carbocycles. The summed E-state index contributed by atoms with van der Waals surface area (Å²) in [6.07, 6.45) is 2.97. The van der Waals surface area contributed by atoms with Gasteiger partial charge in [-0.1, -0.05) is 0 Å². The molecule has 1 aromatic rings. The molecule has 1 fully saturated rings. The molecule has 0 spiro atoms. The third-order valence-electron chi connectivity index (χ3n) is 3.48. The van der Waals surface area contributed by atoms with Gasteiger partial charge in [0.05, 0.1) is 19.0 Å². The monoisotopic (exact) mass is 220 g/mol. The maximum atomic E-state index is 7.45. The summed E-state index contributed by atoms with van der Waals surface area (Å²) >= 11 is 0. The van der Waals surface area contributed by atoms with Crippen molar-refractivity contribution < 1.29 is 6.11 Å². The Morgan fingerprint density at radius 1 is 1.56 bits per heavy atom. The molecule has 2 aliphatic rings. The molecule has 86 valence electrons. The van der Waals surface area contributed by atoms with E-state index >= 15 is 0 Å². The van der Waals surface area contributed by atoms with Crippen molar-refractivity contribution in [2.24, 2.45) is 0 Å². The second kappa shape index (κ2) is 3.63. The van der Waals surface area contributed by atoms with Crippen molar-refractivity contribution in [2.75, 3.05) is 38.7 Å². The van der Waals surface area contributed by atoms with E-state index in [9.17, 15) is 0 Å². The summed E-state index contributed by atoms with van der Waals surface area (Å²) in [7, 11) is 2.06. The van der Waals surface area contributed by atoms with Crippen molar-refractivity contribution in [2.45, 2.75) is 12.5 Å². The van der Waals surface area contributed by atoms with Gasteiger partial charge in [0.25, 0.3) is 0 Å². The number of rotatable bonds is 1. The van der Waals surface area contributed by atoms with Gasteiger partial charge in [-0.25, -0.2) is 4.98 Å². The molecule has 1 unspecified atom stereocenters. The first-order chi connectivity index (χ1) is 8.31. The molecule has 0 N–H and O–H groups in total. The van der Waals surface area contributed by atoms with Crippen LogP contribution < -0.4 is 9.64 Å². The molecular weight excluding hydrogens is 202 g/mol. The topological polar surface area (TPSA) is 28.6 Å². The van der Waals surface area contributed by atoms with E-state index in [1.807, 2.05) is 12.3 Å². The average molecular weight is 220 g/mol. The fourth-order valence-electron chi connectivity index (χ4n) is 2.67. The molecule has 1 atom stereocenters. The van der Waals surface area contributed by atoms with Crippen LogP contribution in [0.2, 0.25) is 0 Å². The molecule has 16 heavy (non-hydrogen) atoms. The van der Waals surface area contributed by atoms with Crippen LogP contribution in [0.4, 0.5) is 5.69 Å². The highest BCUT2D eigenvalue weighted by molar-refractivity contribution is 5.59. The van der Waals surface area contributed by atoms with Gasteiger partial charge in [0, 0.05) is 33.1 Å². The van der Waals surface area contributed by atoms with Gasteiger partial charge < -0.3 is 14.5 Å². The molecule has 0 aliphatic carbocycles. The van der Waals surface area contributed by atoms with Crippen LogP contribution in [0.1, 0.15) is 6.93 Å². The summed E-state index contributed by atoms with van der Waals surface area (Å²) in [5.41, 5.74) is 2.58. The molecule has 1 saturated heterocycles. The highest BCUT2D eigenvalue weighted by Gasteiger charge is 2.33. The summed E-state index contributed by atoms with van der Waals surface area (Å²) in [6, 6.07) is 2.55. The van der Waals surface area contributed by atoms with E-state index < -0.39 is 0 Å². The predicted octanol–water partition coefficient (Wildman–Crippen LogP) is 0.767. The molecular formula is C12H17N3O. The normalized spacial score (nSPS) is 24.9. The molecule has 3 rings (SSSR count). The molecule has 0 radical (unpaired) electrons. The van der Waals surface area contributed by atoms with E-state index in [-0.39, 0.29) is 0 Å². The lowest BCUT2D eigenvalue weighted by molar-refractivity contribution is 0.273. The molecule has 0 saturated carbocycles. The van der Waals surface area contributed by atoms with Crippen LogP contribution in [0.5, 0.6) is 5.88 Å². The number of anilines is 1. The smallest absolute Gasteiger partial charge is 0.213 e. The highest BCUT2D eigenvalue weighted by atomic mass is 16.5. The number of piperazine rings is 1. The minimum atomic E-state index is 0.405. The zero-order valence-electron chi connectivity index (χ0n) is 10.5. The number of likely N-dealkylation sites (N-methyl/N-ethyl adjacent to an activating group) is 1. The average Bonchev–Trinajstić information content (AvgIpc) is 2.74. The number of fused-ring (bicyclic) bond motifs is 3. The lowest BCUT2D eigenvalue weighted by Crippen LogP contribution is -2.50. The largest absolute Gasteiger partial charge is 0.481 e. The van der Waals surface area contributed by atoms with Crippen molar-refractivity contribution >= 4 is 5.69 Å². The first-order valence-corrected chi connectivity index (χ1v) is 5.63. The van der Waals surface area contributed by atoms with E-state index in [1.54, 1.807) is 7.11 Å². The SMILES string of the molecule is [2H]CN1CCN2c3cnc(OC)cc3CC2C1. The quantitative estimate of drug-likeness (QED) is 0.699. The van der Waals surface area contributed by atoms with Gasteiger partial charge >= 0.3 is 0 Å². The highest BCUT2D eigenvalue weighted by Crippen LogP contribution is 2.34. The van der Waals surface area contributed by atoms with E-state index in [2.05, 4.69) is 14.8 Å². The number of pyridine rings is 1. The van der Waals surface area contributed by atoms with Gasteiger partial charge in [-0.05, 0) is 19.0 Å². The minimum absolute atomic E-state index is 0.405. The Morgan fingerprint density at radius 3 is 3.31 bits per heavy atom. The first kappa shape index (κ1) is 8.82. The van der Waals surface area contributed by atoms with Gasteiger partial charge in [0.15, 0.2) is 0 Å². The van der Waals surface area contributed by atoms with Crippen LogP contribution in [-0.4, -0.2) is 49.7 Å². The number of nitrogens with zero attached hydrogens (tertiary/aromatic N) is 3. The maximum absolute atomic E-state index is 7.45. The van der Waals surface area contributed by atoms with Crippen molar-refractivity contribution in [3.8, 4) is 5.88 Å². The molecule has 0 bridgehead atoms. The van der Waals surface area contributed by atoms with E-state index in [0.717, 1.165) is 26.1 Å². The van der Waals surface area contributed by atoms with Crippen LogP contribution in [0, 0.1) is 0 Å². The summed E-state index contributed by atoms with van der Waals surface area (Å²) in [5.74, 6) is 0.695. The van der Waals surface area contributed by atoms with Gasteiger partial charge in [0.2, 0.25) is 5.88 Å². The van der Waals surface area contributed by atoms with Gasteiger partial charge in [-0.3, -0.25) is 0 Å². The van der Waals surface area contributed by atoms with Crippen molar-refractivity contribution in [1.29, 1.82) is 0 Å². The predicted molar refractivity (Wildman–Crippen MR) is 63.1 cm³/mol. The number of aromatic nitrogens is 1. The molecule has 4 heteroatoms. The lowest BCUT2D eigenvalue weighted by Gasteiger charge is -2.37. The lowest BCUT2D eigenvalue weighted by atomic mass is 10.1. The summed E-state index contributed by atoms with van der Waals surface area (Å²) in [5, 5.41) is 0. The second-order valence-corrected chi connectivity index (χ2v) is 4.48. The molecule has 3 heterocycles. The maximum Gasteiger partial charge on any atom is 0.213 e. The van der Waals surface area contributed by atoms with E-state index in [4.69, 9.17) is 6.11 Å². The van der Waals surface area contributed by atoms with Gasteiger partial charge in [0.1, 0.15) is 0 Å². The number of methoxy groups -OCH3 is 1. The number of ether oxygens (including phenoxy) is 1. The van der Waals surface area contributed by atoms with Crippen LogP contribution in [-0.2, 0) is 6.42 Å². The zero-order valence-corrected chi connectivity index (χ0v) is 9.52. The fraction of sp³-hybridized carbons (Fsp3) is 0.583. The summed E-state index contributed by atoms with van der Waals surface area (Å²) < 4.78 is 12.6. The van der Waals surface area contributed by atoms with Crippen LogP contribution in [0.25, 0.3) is 0 Å². The Bertz CT molecular complexity index is 426. The third kappa shape index (κ3) is 1.45. The molecule has 4 nitrogen and oxygen atoms in total. The molecule has 0 amide bonds. The Balaban J connectivity index is 1.85. The van der Waals surface area contributed by atoms with Crippen molar-refractivity contribution in [3.63, 3.8) is 0 Å². The van der Waals surface area contributed by atoms with Crippen LogP contribution in [0.15, 0.2) is 12.3 Å². The zero-order chi connectivity index (χ0) is 11.8. The van der Waals surface area contributed by atoms with Crippen LogP contribution in [0.3, 0.4) is 0 Å². The summed E-state index contributed by atoms with van der Waals surface area (Å²) in [6.45, 7) is 2.97. The summed E-state index contributed by atoms with van der Waals surface area (Å²) in [4.78, 5) is 8.90. The third-order valence-corrected chi connectivity index (χ3v) is 3.48. The number of hydrogen-bond acceptors (Lipinski definition) is 4. The van der Waals surface area contributed by atoms with Gasteiger partial charge in [-0.2, -0.15) is 0 Å².